The predicted molar refractivity (Wildman–Crippen MR) is 75.2 cm³/mol. The average molecular weight is 259 g/mol. The predicted octanol–water partition coefficient (Wildman–Crippen LogP) is 1.88. The van der Waals surface area contributed by atoms with Gasteiger partial charge in [-0.25, -0.2) is 0 Å². The molecule has 0 aliphatic rings. The van der Waals surface area contributed by atoms with E-state index in [9.17, 15) is 4.79 Å². The molecule has 0 radical (unpaired) electrons. The summed E-state index contributed by atoms with van der Waals surface area (Å²) in [6, 6.07) is 12.1. The third-order valence-corrected chi connectivity index (χ3v) is 2.89. The van der Waals surface area contributed by atoms with Crippen molar-refractivity contribution in [2.75, 3.05) is 20.1 Å². The summed E-state index contributed by atoms with van der Waals surface area (Å²) in [5.74, 6) is 0.0524. The van der Waals surface area contributed by atoms with Crippen molar-refractivity contribution in [3.8, 4) is 6.07 Å². The van der Waals surface area contributed by atoms with Gasteiger partial charge in [0.25, 0.3) is 0 Å². The van der Waals surface area contributed by atoms with Crippen LogP contribution in [0.5, 0.6) is 0 Å². The van der Waals surface area contributed by atoms with Gasteiger partial charge < -0.3 is 4.90 Å². The first-order chi connectivity index (χ1) is 9.04. The van der Waals surface area contributed by atoms with Gasteiger partial charge >= 0.3 is 0 Å². The number of likely N-dealkylation sites (N-methyl/N-ethyl adjacent to an activating group) is 1. The molecule has 4 heteroatoms. The molecule has 0 aliphatic heterocycles. The van der Waals surface area contributed by atoms with Crippen LogP contribution in [-0.4, -0.2) is 41.9 Å². The molecule has 1 amide bonds. The first-order valence-corrected chi connectivity index (χ1v) is 6.43. The van der Waals surface area contributed by atoms with Crippen LogP contribution in [0.2, 0.25) is 0 Å². The fraction of sp³-hybridized carbons (Fsp3) is 0.467. The molecule has 1 rings (SSSR count). The summed E-state index contributed by atoms with van der Waals surface area (Å²) < 4.78 is 0. The molecule has 1 aromatic carbocycles. The number of carbonyl (C=O) groups is 1. The summed E-state index contributed by atoms with van der Waals surface area (Å²) >= 11 is 0. The maximum Gasteiger partial charge on any atom is 0.237 e. The van der Waals surface area contributed by atoms with Crippen molar-refractivity contribution in [3.05, 3.63) is 35.9 Å². The van der Waals surface area contributed by atoms with E-state index in [4.69, 9.17) is 5.26 Å². The fourth-order valence-electron chi connectivity index (χ4n) is 1.84. The van der Waals surface area contributed by atoms with Gasteiger partial charge in [0.15, 0.2) is 0 Å². The molecule has 0 aliphatic carbocycles. The average Bonchev–Trinajstić information content (AvgIpc) is 2.36. The summed E-state index contributed by atoms with van der Waals surface area (Å²) in [5, 5.41) is 8.62. The van der Waals surface area contributed by atoms with Crippen LogP contribution in [0, 0.1) is 11.3 Å². The molecule has 0 unspecified atom stereocenters. The first-order valence-electron chi connectivity index (χ1n) is 6.43. The zero-order valence-electron chi connectivity index (χ0n) is 11.8. The third-order valence-electron chi connectivity index (χ3n) is 2.89. The van der Waals surface area contributed by atoms with Crippen molar-refractivity contribution in [3.63, 3.8) is 0 Å². The Morgan fingerprint density at radius 3 is 2.47 bits per heavy atom. The topological polar surface area (TPSA) is 47.3 Å². The van der Waals surface area contributed by atoms with Crippen molar-refractivity contribution in [2.24, 2.45) is 0 Å². The molecule has 0 fully saturated rings. The maximum atomic E-state index is 12.2. The van der Waals surface area contributed by atoms with Crippen LogP contribution in [0.4, 0.5) is 0 Å². The van der Waals surface area contributed by atoms with Gasteiger partial charge in [0.05, 0.1) is 19.2 Å². The number of rotatable bonds is 6. The van der Waals surface area contributed by atoms with Gasteiger partial charge in [-0.15, -0.1) is 0 Å². The molecular weight excluding hydrogens is 238 g/mol. The van der Waals surface area contributed by atoms with Gasteiger partial charge in [0, 0.05) is 12.6 Å². The molecule has 0 bridgehead atoms. The molecule has 0 N–H and O–H groups in total. The second-order valence-electron chi connectivity index (χ2n) is 4.93. The summed E-state index contributed by atoms with van der Waals surface area (Å²) in [5.41, 5.74) is 1.12. The Bertz CT molecular complexity index is 436. The van der Waals surface area contributed by atoms with Crippen LogP contribution < -0.4 is 0 Å². The lowest BCUT2D eigenvalue weighted by molar-refractivity contribution is -0.134. The van der Waals surface area contributed by atoms with Crippen LogP contribution in [0.1, 0.15) is 19.4 Å². The third kappa shape index (κ3) is 5.11. The quantitative estimate of drug-likeness (QED) is 0.733. The standard InChI is InChI=1S/C15H21N3O/c1-13(2)18(11-14-7-5-4-6-8-14)15(19)12-17(3)10-9-16/h4-8,13H,10-12H2,1-3H3. The van der Waals surface area contributed by atoms with Crippen LogP contribution >= 0.6 is 0 Å². The zero-order chi connectivity index (χ0) is 14.3. The highest BCUT2D eigenvalue weighted by atomic mass is 16.2. The van der Waals surface area contributed by atoms with E-state index in [1.807, 2.05) is 55.1 Å². The van der Waals surface area contributed by atoms with Crippen LogP contribution in [0.25, 0.3) is 0 Å². The minimum Gasteiger partial charge on any atom is -0.335 e. The van der Waals surface area contributed by atoms with Gasteiger partial charge in [-0.3, -0.25) is 9.69 Å². The van der Waals surface area contributed by atoms with E-state index in [1.165, 1.54) is 0 Å². The normalized spacial score (nSPS) is 10.5. The van der Waals surface area contributed by atoms with E-state index in [2.05, 4.69) is 0 Å². The molecule has 0 saturated heterocycles. The molecule has 0 saturated carbocycles. The van der Waals surface area contributed by atoms with E-state index in [0.717, 1.165) is 5.56 Å². The molecule has 1 aromatic rings. The van der Waals surface area contributed by atoms with Crippen molar-refractivity contribution < 1.29 is 4.79 Å². The second-order valence-corrected chi connectivity index (χ2v) is 4.93. The van der Waals surface area contributed by atoms with Gasteiger partial charge in [-0.05, 0) is 26.5 Å². The second kappa shape index (κ2) is 7.55. The van der Waals surface area contributed by atoms with E-state index in [1.54, 1.807) is 11.9 Å². The minimum atomic E-state index is 0.0524. The Labute approximate surface area is 115 Å². The van der Waals surface area contributed by atoms with E-state index in [-0.39, 0.29) is 25.0 Å². The van der Waals surface area contributed by atoms with E-state index in [0.29, 0.717) is 6.54 Å². The number of amides is 1. The molecule has 102 valence electrons. The van der Waals surface area contributed by atoms with Crippen LogP contribution in [0.15, 0.2) is 30.3 Å². The Balaban J connectivity index is 2.67. The van der Waals surface area contributed by atoms with Crippen molar-refractivity contribution in [1.29, 1.82) is 5.26 Å². The Morgan fingerprint density at radius 1 is 1.32 bits per heavy atom. The SMILES string of the molecule is CC(C)N(Cc1ccccc1)C(=O)CN(C)CC#N. The van der Waals surface area contributed by atoms with Gasteiger partial charge in [-0.2, -0.15) is 5.26 Å². The van der Waals surface area contributed by atoms with E-state index >= 15 is 0 Å². The summed E-state index contributed by atoms with van der Waals surface area (Å²) in [7, 11) is 1.78. The molecular formula is C15H21N3O. The van der Waals surface area contributed by atoms with Crippen molar-refractivity contribution in [2.45, 2.75) is 26.4 Å². The highest BCUT2D eigenvalue weighted by Gasteiger charge is 2.18. The molecule has 0 atom stereocenters. The fourth-order valence-corrected chi connectivity index (χ4v) is 1.84. The largest absolute Gasteiger partial charge is 0.335 e. The van der Waals surface area contributed by atoms with Crippen LogP contribution in [0.3, 0.4) is 0 Å². The van der Waals surface area contributed by atoms with Gasteiger partial charge in [0.1, 0.15) is 0 Å². The van der Waals surface area contributed by atoms with Crippen LogP contribution in [-0.2, 0) is 11.3 Å². The summed E-state index contributed by atoms with van der Waals surface area (Å²) in [6.45, 7) is 5.16. The van der Waals surface area contributed by atoms with Crippen molar-refractivity contribution >= 4 is 5.91 Å². The molecule has 0 heterocycles. The lowest BCUT2D eigenvalue weighted by atomic mass is 10.2. The van der Waals surface area contributed by atoms with Gasteiger partial charge in [0.2, 0.25) is 5.91 Å². The summed E-state index contributed by atoms with van der Waals surface area (Å²) in [4.78, 5) is 15.8. The molecule has 19 heavy (non-hydrogen) atoms. The zero-order valence-corrected chi connectivity index (χ0v) is 11.8. The van der Waals surface area contributed by atoms with Gasteiger partial charge in [-0.1, -0.05) is 30.3 Å². The number of nitriles is 1. The van der Waals surface area contributed by atoms with Crippen molar-refractivity contribution in [1.82, 2.24) is 9.80 Å². The molecule has 4 nitrogen and oxygen atoms in total. The Hall–Kier alpha value is -1.86. The summed E-state index contributed by atoms with van der Waals surface area (Å²) in [6.07, 6.45) is 0. The molecule has 0 aromatic heterocycles. The Morgan fingerprint density at radius 2 is 1.95 bits per heavy atom. The monoisotopic (exact) mass is 259 g/mol. The highest BCUT2D eigenvalue weighted by molar-refractivity contribution is 5.78. The lowest BCUT2D eigenvalue weighted by Crippen LogP contribution is -2.42. The molecule has 0 spiro atoms. The number of benzene rings is 1. The number of carbonyl (C=O) groups excluding carboxylic acids is 1. The lowest BCUT2D eigenvalue weighted by Gasteiger charge is -2.28. The number of nitrogens with zero attached hydrogens (tertiary/aromatic N) is 3. The first kappa shape index (κ1) is 15.2. The maximum absolute atomic E-state index is 12.2. The van der Waals surface area contributed by atoms with E-state index < -0.39 is 0 Å². The smallest absolute Gasteiger partial charge is 0.237 e. The highest BCUT2D eigenvalue weighted by Crippen LogP contribution is 2.09. The Kier molecular flexibility index (Phi) is 6.04. The number of hydrogen-bond acceptors (Lipinski definition) is 3. The minimum absolute atomic E-state index is 0.0524. The number of hydrogen-bond donors (Lipinski definition) is 0.